The lowest BCUT2D eigenvalue weighted by atomic mass is 10.2. The van der Waals surface area contributed by atoms with Crippen LogP contribution >= 0.6 is 0 Å². The average Bonchev–Trinajstić information content (AvgIpc) is 2.26. The van der Waals surface area contributed by atoms with Crippen molar-refractivity contribution in [3.05, 3.63) is 29.6 Å². The standard InChI is InChI=1S/C11H17N3O/c1-8-6-10(4-5-13-8)11(15)14(3)9(2)7-12/h4-6,9H,7,12H2,1-3H3. The summed E-state index contributed by atoms with van der Waals surface area (Å²) in [4.78, 5) is 17.6. The van der Waals surface area contributed by atoms with E-state index < -0.39 is 0 Å². The molecule has 0 fully saturated rings. The van der Waals surface area contributed by atoms with Crippen LogP contribution in [0.25, 0.3) is 0 Å². The van der Waals surface area contributed by atoms with Crippen LogP contribution in [0.3, 0.4) is 0 Å². The third kappa shape index (κ3) is 2.76. The van der Waals surface area contributed by atoms with Crippen LogP contribution in [-0.4, -0.2) is 35.4 Å². The van der Waals surface area contributed by atoms with Crippen LogP contribution in [0, 0.1) is 6.92 Å². The predicted octanol–water partition coefficient (Wildman–Crippen LogP) is 0.809. The van der Waals surface area contributed by atoms with Crippen molar-refractivity contribution in [3.63, 3.8) is 0 Å². The van der Waals surface area contributed by atoms with Crippen LogP contribution in [0.2, 0.25) is 0 Å². The van der Waals surface area contributed by atoms with E-state index in [1.807, 2.05) is 13.8 Å². The maximum atomic E-state index is 11.9. The molecule has 1 amide bonds. The van der Waals surface area contributed by atoms with Gasteiger partial charge in [-0.1, -0.05) is 0 Å². The number of carbonyl (C=O) groups is 1. The molecular weight excluding hydrogens is 190 g/mol. The molecule has 0 saturated heterocycles. The zero-order valence-electron chi connectivity index (χ0n) is 9.40. The van der Waals surface area contributed by atoms with E-state index in [2.05, 4.69) is 4.98 Å². The summed E-state index contributed by atoms with van der Waals surface area (Å²) < 4.78 is 0. The summed E-state index contributed by atoms with van der Waals surface area (Å²) in [6.45, 7) is 4.25. The van der Waals surface area contributed by atoms with E-state index in [1.54, 1.807) is 30.3 Å². The summed E-state index contributed by atoms with van der Waals surface area (Å²) >= 11 is 0. The van der Waals surface area contributed by atoms with Crippen LogP contribution in [-0.2, 0) is 0 Å². The molecule has 1 aromatic heterocycles. The Hall–Kier alpha value is -1.42. The molecule has 1 unspecified atom stereocenters. The topological polar surface area (TPSA) is 59.2 Å². The Kier molecular flexibility index (Phi) is 3.80. The Morgan fingerprint density at radius 1 is 1.67 bits per heavy atom. The third-order valence-electron chi connectivity index (χ3n) is 2.47. The zero-order valence-corrected chi connectivity index (χ0v) is 9.40. The molecule has 0 aliphatic heterocycles. The van der Waals surface area contributed by atoms with Gasteiger partial charge in [0.2, 0.25) is 0 Å². The van der Waals surface area contributed by atoms with E-state index in [0.717, 1.165) is 5.69 Å². The van der Waals surface area contributed by atoms with Gasteiger partial charge in [0, 0.05) is 37.1 Å². The third-order valence-corrected chi connectivity index (χ3v) is 2.47. The molecular formula is C11H17N3O. The van der Waals surface area contributed by atoms with Gasteiger partial charge in [-0.3, -0.25) is 9.78 Å². The van der Waals surface area contributed by atoms with E-state index in [-0.39, 0.29) is 11.9 Å². The summed E-state index contributed by atoms with van der Waals surface area (Å²) in [6, 6.07) is 3.54. The molecule has 0 radical (unpaired) electrons. The smallest absolute Gasteiger partial charge is 0.253 e. The molecule has 0 aliphatic rings. The molecule has 0 aliphatic carbocycles. The van der Waals surface area contributed by atoms with Crippen LogP contribution in [0.4, 0.5) is 0 Å². The van der Waals surface area contributed by atoms with Crippen molar-refractivity contribution >= 4 is 5.91 Å². The minimum absolute atomic E-state index is 0.0153. The first-order valence-corrected chi connectivity index (χ1v) is 4.96. The fourth-order valence-electron chi connectivity index (χ4n) is 1.24. The molecule has 1 rings (SSSR count). The van der Waals surface area contributed by atoms with Crippen molar-refractivity contribution in [1.29, 1.82) is 0 Å². The monoisotopic (exact) mass is 207 g/mol. The molecule has 1 heterocycles. The lowest BCUT2D eigenvalue weighted by Crippen LogP contribution is -2.39. The van der Waals surface area contributed by atoms with Crippen molar-refractivity contribution in [2.75, 3.05) is 13.6 Å². The second kappa shape index (κ2) is 4.89. The molecule has 15 heavy (non-hydrogen) atoms. The Bertz CT molecular complexity index is 351. The molecule has 4 heteroatoms. The number of aromatic nitrogens is 1. The number of nitrogens with two attached hydrogens (primary N) is 1. The molecule has 4 nitrogen and oxygen atoms in total. The van der Waals surface area contributed by atoms with Crippen molar-refractivity contribution in [2.24, 2.45) is 5.73 Å². The Labute approximate surface area is 90.1 Å². The Balaban J connectivity index is 2.85. The maximum absolute atomic E-state index is 11.9. The average molecular weight is 207 g/mol. The summed E-state index contributed by atoms with van der Waals surface area (Å²) in [5.41, 5.74) is 7.01. The number of rotatable bonds is 3. The van der Waals surface area contributed by atoms with Gasteiger partial charge < -0.3 is 10.6 Å². The molecule has 82 valence electrons. The van der Waals surface area contributed by atoms with Gasteiger partial charge in [-0.05, 0) is 26.0 Å². The molecule has 1 atom stereocenters. The number of aryl methyl sites for hydroxylation is 1. The van der Waals surface area contributed by atoms with Crippen molar-refractivity contribution in [1.82, 2.24) is 9.88 Å². The minimum Gasteiger partial charge on any atom is -0.338 e. The van der Waals surface area contributed by atoms with E-state index in [4.69, 9.17) is 5.73 Å². The predicted molar refractivity (Wildman–Crippen MR) is 59.6 cm³/mol. The molecule has 1 aromatic rings. The highest BCUT2D eigenvalue weighted by Gasteiger charge is 2.16. The number of hydrogen-bond donors (Lipinski definition) is 1. The van der Waals surface area contributed by atoms with Crippen LogP contribution in [0.15, 0.2) is 18.3 Å². The summed E-state index contributed by atoms with van der Waals surface area (Å²) in [6.07, 6.45) is 1.64. The van der Waals surface area contributed by atoms with Crippen molar-refractivity contribution < 1.29 is 4.79 Å². The highest BCUT2D eigenvalue weighted by Crippen LogP contribution is 2.06. The van der Waals surface area contributed by atoms with Gasteiger partial charge in [0.25, 0.3) is 5.91 Å². The summed E-state index contributed by atoms with van der Waals surface area (Å²) in [7, 11) is 1.76. The lowest BCUT2D eigenvalue weighted by molar-refractivity contribution is 0.0748. The van der Waals surface area contributed by atoms with Gasteiger partial charge >= 0.3 is 0 Å². The second-order valence-electron chi connectivity index (χ2n) is 3.69. The fourth-order valence-corrected chi connectivity index (χ4v) is 1.24. The molecule has 2 N–H and O–H groups in total. The number of hydrogen-bond acceptors (Lipinski definition) is 3. The van der Waals surface area contributed by atoms with Crippen molar-refractivity contribution in [3.8, 4) is 0 Å². The first kappa shape index (κ1) is 11.7. The van der Waals surface area contributed by atoms with Crippen LogP contribution < -0.4 is 5.73 Å². The van der Waals surface area contributed by atoms with E-state index in [0.29, 0.717) is 12.1 Å². The van der Waals surface area contributed by atoms with Gasteiger partial charge in [0.05, 0.1) is 0 Å². The number of likely N-dealkylation sites (N-methyl/N-ethyl adjacent to an activating group) is 1. The fraction of sp³-hybridized carbons (Fsp3) is 0.455. The first-order valence-electron chi connectivity index (χ1n) is 4.96. The summed E-state index contributed by atoms with van der Waals surface area (Å²) in [5, 5.41) is 0. The molecule has 0 aromatic carbocycles. The maximum Gasteiger partial charge on any atom is 0.253 e. The van der Waals surface area contributed by atoms with Crippen LogP contribution in [0.1, 0.15) is 23.0 Å². The summed E-state index contributed by atoms with van der Waals surface area (Å²) in [5.74, 6) is -0.0153. The minimum atomic E-state index is -0.0153. The number of nitrogens with zero attached hydrogens (tertiary/aromatic N) is 2. The van der Waals surface area contributed by atoms with Gasteiger partial charge in [0.15, 0.2) is 0 Å². The van der Waals surface area contributed by atoms with E-state index in [1.165, 1.54) is 0 Å². The number of carbonyl (C=O) groups excluding carboxylic acids is 1. The van der Waals surface area contributed by atoms with Gasteiger partial charge in [0.1, 0.15) is 0 Å². The molecule has 0 bridgehead atoms. The highest BCUT2D eigenvalue weighted by atomic mass is 16.2. The zero-order chi connectivity index (χ0) is 11.4. The SMILES string of the molecule is Cc1cc(C(=O)N(C)C(C)CN)ccn1. The lowest BCUT2D eigenvalue weighted by Gasteiger charge is -2.23. The Morgan fingerprint density at radius 3 is 2.87 bits per heavy atom. The largest absolute Gasteiger partial charge is 0.338 e. The van der Waals surface area contributed by atoms with E-state index >= 15 is 0 Å². The highest BCUT2D eigenvalue weighted by molar-refractivity contribution is 5.94. The Morgan fingerprint density at radius 2 is 2.33 bits per heavy atom. The van der Waals surface area contributed by atoms with E-state index in [9.17, 15) is 4.79 Å². The normalized spacial score (nSPS) is 12.3. The van der Waals surface area contributed by atoms with Gasteiger partial charge in [-0.2, -0.15) is 0 Å². The molecule has 0 spiro atoms. The number of amides is 1. The quantitative estimate of drug-likeness (QED) is 0.798. The van der Waals surface area contributed by atoms with Gasteiger partial charge in [-0.25, -0.2) is 0 Å². The molecule has 0 saturated carbocycles. The van der Waals surface area contributed by atoms with Gasteiger partial charge in [-0.15, -0.1) is 0 Å². The second-order valence-corrected chi connectivity index (χ2v) is 3.69. The first-order chi connectivity index (χ1) is 7.06. The van der Waals surface area contributed by atoms with Crippen molar-refractivity contribution in [2.45, 2.75) is 19.9 Å². The van der Waals surface area contributed by atoms with Crippen LogP contribution in [0.5, 0.6) is 0 Å². The number of pyridine rings is 1.